The van der Waals surface area contributed by atoms with Crippen LogP contribution in [0.3, 0.4) is 0 Å². The largest absolute Gasteiger partial charge is 0.490 e. The Balaban J connectivity index is 1.87. The van der Waals surface area contributed by atoms with Gasteiger partial charge >= 0.3 is 5.56 Å². The van der Waals surface area contributed by atoms with Crippen molar-refractivity contribution in [3.8, 4) is 5.75 Å². The molecule has 3 aromatic rings. The molecule has 33 heavy (non-hydrogen) atoms. The third-order valence-electron chi connectivity index (χ3n) is 5.43. The summed E-state index contributed by atoms with van der Waals surface area (Å²) in [6, 6.07) is 2.90. The summed E-state index contributed by atoms with van der Waals surface area (Å²) in [7, 11) is -2.94. The maximum absolute atomic E-state index is 14.8. The second-order valence-electron chi connectivity index (χ2n) is 7.57. The average Bonchev–Trinajstić information content (AvgIpc) is 2.80. The molecule has 0 amide bonds. The van der Waals surface area contributed by atoms with Crippen molar-refractivity contribution < 1.29 is 26.8 Å². The van der Waals surface area contributed by atoms with Crippen LogP contribution in [0.2, 0.25) is 0 Å². The van der Waals surface area contributed by atoms with E-state index in [0.29, 0.717) is 26.3 Å². The Morgan fingerprint density at radius 3 is 2.67 bits per heavy atom. The van der Waals surface area contributed by atoms with Crippen LogP contribution in [0.25, 0.3) is 10.9 Å². The fourth-order valence-electron chi connectivity index (χ4n) is 3.80. The number of methoxy groups -OCH3 is 1. The number of nitrogens with zero attached hydrogens (tertiary/aromatic N) is 4. The standard InChI is InChI=1S/C22H24F3N5O3/c1-12(14-5-4-6-15(17(14)23)20(24)25)26-21-16-11-30(29-7-9-33-10-8-29)22(31)19(32-3)18(16)27-13(2)28-21/h4-6,11-12,20H,7-10H2,1-3H3,(H,26,27,28)/t12-/m1/s1/i3D3. The van der Waals surface area contributed by atoms with E-state index in [1.54, 1.807) is 11.9 Å². The van der Waals surface area contributed by atoms with E-state index in [0.717, 1.165) is 6.07 Å². The minimum absolute atomic E-state index is 0.0160. The van der Waals surface area contributed by atoms with Crippen LogP contribution in [-0.2, 0) is 4.74 Å². The number of fused-ring (bicyclic) bond motifs is 1. The lowest BCUT2D eigenvalue weighted by atomic mass is 10.0. The zero-order valence-corrected chi connectivity index (χ0v) is 17.9. The molecule has 3 heterocycles. The molecule has 4 rings (SSSR count). The van der Waals surface area contributed by atoms with Crippen molar-refractivity contribution in [2.24, 2.45) is 0 Å². The molecule has 1 aromatic carbocycles. The van der Waals surface area contributed by atoms with Gasteiger partial charge in [-0.15, -0.1) is 0 Å². The molecule has 0 spiro atoms. The van der Waals surface area contributed by atoms with E-state index in [-0.39, 0.29) is 28.1 Å². The summed E-state index contributed by atoms with van der Waals surface area (Å²) < 4.78 is 75.4. The molecule has 1 atom stereocenters. The van der Waals surface area contributed by atoms with Gasteiger partial charge in [-0.3, -0.25) is 4.79 Å². The van der Waals surface area contributed by atoms with Gasteiger partial charge in [0.15, 0.2) is 0 Å². The number of aryl methyl sites for hydroxylation is 1. The SMILES string of the molecule is [2H]C([2H])([2H])Oc1c(=O)n(N2CCOCC2)cc2c(N[C@H](C)c3cccc(C(F)F)c3F)nc(C)nc12. The van der Waals surface area contributed by atoms with Gasteiger partial charge in [0.05, 0.1) is 54.4 Å². The van der Waals surface area contributed by atoms with E-state index in [9.17, 15) is 18.0 Å². The molecule has 2 aromatic heterocycles. The van der Waals surface area contributed by atoms with Gasteiger partial charge < -0.3 is 19.8 Å². The number of morpholine rings is 1. The fraction of sp³-hybridized carbons (Fsp3) is 0.409. The second kappa shape index (κ2) is 9.26. The van der Waals surface area contributed by atoms with E-state index in [1.807, 2.05) is 0 Å². The first-order chi connectivity index (χ1) is 17.0. The molecule has 1 aliphatic heterocycles. The number of rotatable bonds is 6. The first-order valence-electron chi connectivity index (χ1n) is 11.7. The van der Waals surface area contributed by atoms with Crippen LogP contribution in [0.15, 0.2) is 29.2 Å². The van der Waals surface area contributed by atoms with E-state index < -0.39 is 42.2 Å². The van der Waals surface area contributed by atoms with Crippen molar-refractivity contribution in [2.75, 3.05) is 43.7 Å². The second-order valence-corrected chi connectivity index (χ2v) is 7.57. The van der Waals surface area contributed by atoms with Crippen LogP contribution in [-0.4, -0.2) is 48.0 Å². The number of alkyl halides is 2. The predicted molar refractivity (Wildman–Crippen MR) is 117 cm³/mol. The number of nitrogens with one attached hydrogen (secondary N) is 1. The van der Waals surface area contributed by atoms with Crippen LogP contribution < -0.4 is 20.6 Å². The molecule has 1 saturated heterocycles. The van der Waals surface area contributed by atoms with Crippen LogP contribution in [0.4, 0.5) is 19.0 Å². The summed E-state index contributed by atoms with van der Waals surface area (Å²) in [6.45, 7) is 4.51. The number of pyridine rings is 1. The maximum Gasteiger partial charge on any atom is 0.313 e. The average molecular weight is 466 g/mol. The lowest BCUT2D eigenvalue weighted by Crippen LogP contribution is -2.48. The Morgan fingerprint density at radius 1 is 1.24 bits per heavy atom. The Kier molecular flexibility index (Phi) is 5.38. The molecule has 1 fully saturated rings. The number of anilines is 1. The van der Waals surface area contributed by atoms with Gasteiger partial charge in [-0.2, -0.15) is 0 Å². The van der Waals surface area contributed by atoms with Gasteiger partial charge in [-0.05, 0) is 13.8 Å². The van der Waals surface area contributed by atoms with Gasteiger partial charge in [0.2, 0.25) is 5.75 Å². The van der Waals surface area contributed by atoms with Gasteiger partial charge in [0.25, 0.3) is 6.43 Å². The van der Waals surface area contributed by atoms with E-state index in [2.05, 4.69) is 15.3 Å². The summed E-state index contributed by atoms with van der Waals surface area (Å²) in [5.41, 5.74) is -1.52. The van der Waals surface area contributed by atoms with Crippen LogP contribution in [0, 0.1) is 12.7 Å². The predicted octanol–water partition coefficient (Wildman–Crippen LogP) is 3.33. The highest BCUT2D eigenvalue weighted by molar-refractivity contribution is 5.92. The van der Waals surface area contributed by atoms with Gasteiger partial charge in [-0.25, -0.2) is 27.8 Å². The highest BCUT2D eigenvalue weighted by atomic mass is 19.3. The summed E-state index contributed by atoms with van der Waals surface area (Å²) in [5, 5.41) is 4.89. The lowest BCUT2D eigenvalue weighted by molar-refractivity contribution is 0.110. The van der Waals surface area contributed by atoms with Crippen molar-refractivity contribution in [1.29, 1.82) is 0 Å². The molecule has 0 aliphatic carbocycles. The number of hydrogen-bond acceptors (Lipinski definition) is 7. The van der Waals surface area contributed by atoms with Crippen molar-refractivity contribution in [3.63, 3.8) is 0 Å². The normalized spacial score (nSPS) is 16.9. The zero-order valence-electron chi connectivity index (χ0n) is 20.9. The van der Waals surface area contributed by atoms with Crippen LogP contribution >= 0.6 is 0 Å². The highest BCUT2D eigenvalue weighted by Gasteiger charge is 2.23. The van der Waals surface area contributed by atoms with E-state index >= 15 is 0 Å². The summed E-state index contributed by atoms with van der Waals surface area (Å²) in [6.07, 6.45) is -1.54. The molecular formula is C22H24F3N5O3. The molecule has 1 N–H and O–H groups in total. The van der Waals surface area contributed by atoms with Gasteiger partial charge in [0, 0.05) is 11.8 Å². The molecule has 176 valence electrons. The lowest BCUT2D eigenvalue weighted by Gasteiger charge is -2.30. The summed E-state index contributed by atoms with van der Waals surface area (Å²) in [5.74, 6) is -1.22. The first-order valence-corrected chi connectivity index (χ1v) is 10.2. The van der Waals surface area contributed by atoms with Gasteiger partial charge in [0.1, 0.15) is 23.0 Å². The van der Waals surface area contributed by atoms with Gasteiger partial charge in [-0.1, -0.05) is 18.2 Å². The Labute approximate surface area is 192 Å². The number of hydrogen-bond donors (Lipinski definition) is 1. The summed E-state index contributed by atoms with van der Waals surface area (Å²) >= 11 is 0. The third kappa shape index (κ3) is 4.32. The molecule has 0 bridgehead atoms. The number of halogens is 3. The molecule has 0 saturated carbocycles. The molecule has 8 nitrogen and oxygen atoms in total. The highest BCUT2D eigenvalue weighted by Crippen LogP contribution is 2.31. The molecule has 1 aliphatic rings. The Bertz CT molecular complexity index is 1330. The molecule has 0 unspecified atom stereocenters. The number of ether oxygens (including phenoxy) is 2. The maximum atomic E-state index is 14.8. The monoisotopic (exact) mass is 466 g/mol. The van der Waals surface area contributed by atoms with Crippen molar-refractivity contribution in [1.82, 2.24) is 14.6 Å². The number of benzene rings is 1. The smallest absolute Gasteiger partial charge is 0.313 e. The zero-order chi connectivity index (χ0) is 26.2. The molecular weight excluding hydrogens is 439 g/mol. The fourth-order valence-corrected chi connectivity index (χ4v) is 3.80. The topological polar surface area (TPSA) is 81.5 Å². The first kappa shape index (κ1) is 19.2. The van der Waals surface area contributed by atoms with E-state index in [4.69, 9.17) is 13.6 Å². The molecule has 11 heteroatoms. The third-order valence-corrected chi connectivity index (χ3v) is 5.43. The van der Waals surface area contributed by atoms with Crippen LogP contribution in [0.1, 0.15) is 40.5 Å². The quantitative estimate of drug-likeness (QED) is 0.597. The number of aromatic nitrogens is 3. The minimum atomic E-state index is -2.98. The minimum Gasteiger partial charge on any atom is -0.490 e. The molecule has 0 radical (unpaired) electrons. The Hall–Kier alpha value is -3.34. The Morgan fingerprint density at radius 2 is 1.97 bits per heavy atom. The van der Waals surface area contributed by atoms with E-state index in [1.165, 1.54) is 29.9 Å². The van der Waals surface area contributed by atoms with Crippen molar-refractivity contribution in [3.05, 3.63) is 57.5 Å². The van der Waals surface area contributed by atoms with Crippen LogP contribution in [0.5, 0.6) is 5.75 Å². The summed E-state index contributed by atoms with van der Waals surface area (Å²) in [4.78, 5) is 21.9. The van der Waals surface area contributed by atoms with Crippen molar-refractivity contribution in [2.45, 2.75) is 26.3 Å². The van der Waals surface area contributed by atoms with Crippen molar-refractivity contribution >= 4 is 16.7 Å².